The first-order valence-electron chi connectivity index (χ1n) is 6.50. The van der Waals surface area contributed by atoms with Crippen LogP contribution in [0.25, 0.3) is 0 Å². The lowest BCUT2D eigenvalue weighted by molar-refractivity contribution is 0.283. The third-order valence-corrected chi connectivity index (χ3v) is 2.88. The quantitative estimate of drug-likeness (QED) is 0.770. The Morgan fingerprint density at radius 3 is 2.74 bits per heavy atom. The first-order valence-corrected chi connectivity index (χ1v) is 6.50. The minimum atomic E-state index is -0.337. The van der Waals surface area contributed by atoms with E-state index in [2.05, 4.69) is 6.07 Å². The molecule has 0 spiro atoms. The van der Waals surface area contributed by atoms with Crippen LogP contribution < -0.4 is 10.5 Å². The fourth-order valence-corrected chi connectivity index (χ4v) is 1.78. The van der Waals surface area contributed by atoms with Crippen LogP contribution in [-0.4, -0.2) is 13.2 Å². The van der Waals surface area contributed by atoms with Crippen LogP contribution in [0.5, 0.6) is 5.75 Å². The van der Waals surface area contributed by atoms with Crippen LogP contribution in [-0.2, 0) is 6.42 Å². The Kier molecular flexibility index (Phi) is 5.78. The molecule has 0 amide bonds. The van der Waals surface area contributed by atoms with Gasteiger partial charge in [0.1, 0.15) is 11.6 Å². The zero-order valence-electron chi connectivity index (χ0n) is 11.6. The van der Waals surface area contributed by atoms with Gasteiger partial charge in [0, 0.05) is 6.07 Å². The Bertz CT molecular complexity index is 452. The number of nitrogens with zero attached hydrogens (tertiary/aromatic N) is 1. The van der Waals surface area contributed by atoms with E-state index in [1.54, 1.807) is 0 Å². The normalized spacial score (nSPS) is 11.1. The minimum Gasteiger partial charge on any atom is -0.493 e. The van der Waals surface area contributed by atoms with Gasteiger partial charge in [-0.05, 0) is 57.4 Å². The largest absolute Gasteiger partial charge is 0.493 e. The highest BCUT2D eigenvalue weighted by Crippen LogP contribution is 2.22. The second-order valence-electron chi connectivity index (χ2n) is 5.28. The molecule has 0 radical (unpaired) electrons. The van der Waals surface area contributed by atoms with Crippen molar-refractivity contribution in [3.8, 4) is 11.8 Å². The van der Waals surface area contributed by atoms with Crippen LogP contribution in [0.3, 0.4) is 0 Å². The SMILES string of the molecule is CC(C)(C#N)CCCOc1cc(F)cc(CCN)c1. The lowest BCUT2D eigenvalue weighted by atomic mass is 9.90. The molecule has 0 saturated carbocycles. The summed E-state index contributed by atoms with van der Waals surface area (Å²) >= 11 is 0. The van der Waals surface area contributed by atoms with Crippen molar-refractivity contribution < 1.29 is 9.13 Å². The molecule has 1 aromatic carbocycles. The van der Waals surface area contributed by atoms with Crippen molar-refractivity contribution in [3.63, 3.8) is 0 Å². The molecule has 0 heterocycles. The van der Waals surface area contributed by atoms with E-state index >= 15 is 0 Å². The molecule has 0 bridgehead atoms. The van der Waals surface area contributed by atoms with Crippen molar-refractivity contribution in [1.29, 1.82) is 5.26 Å². The summed E-state index contributed by atoms with van der Waals surface area (Å²) in [6.07, 6.45) is 2.16. The van der Waals surface area contributed by atoms with Crippen LogP contribution >= 0.6 is 0 Å². The molecule has 0 unspecified atom stereocenters. The predicted octanol–water partition coefficient (Wildman–Crippen LogP) is 3.04. The Morgan fingerprint density at radius 2 is 2.11 bits per heavy atom. The third kappa shape index (κ3) is 5.71. The van der Waals surface area contributed by atoms with Gasteiger partial charge in [0.05, 0.1) is 18.1 Å². The first-order chi connectivity index (χ1) is 8.96. The first kappa shape index (κ1) is 15.5. The number of rotatable bonds is 7. The summed E-state index contributed by atoms with van der Waals surface area (Å²) in [5.74, 6) is 0.219. The maximum absolute atomic E-state index is 13.3. The van der Waals surface area contributed by atoms with Gasteiger partial charge in [0.25, 0.3) is 0 Å². The maximum Gasteiger partial charge on any atom is 0.127 e. The standard InChI is InChI=1S/C15H21FN2O/c1-15(2,11-18)5-3-7-19-14-9-12(4-6-17)8-13(16)10-14/h8-10H,3-7,17H2,1-2H3. The van der Waals surface area contributed by atoms with Crippen LogP contribution in [0.15, 0.2) is 18.2 Å². The molecule has 0 aliphatic carbocycles. The van der Waals surface area contributed by atoms with E-state index < -0.39 is 0 Å². The number of ether oxygens (including phenoxy) is 1. The summed E-state index contributed by atoms with van der Waals surface area (Å²) in [6, 6.07) is 6.90. The van der Waals surface area contributed by atoms with Crippen molar-refractivity contribution in [1.82, 2.24) is 0 Å². The van der Waals surface area contributed by atoms with Gasteiger partial charge in [-0.2, -0.15) is 5.26 Å². The molecule has 0 aliphatic rings. The topological polar surface area (TPSA) is 59.0 Å². The van der Waals surface area contributed by atoms with E-state index in [9.17, 15) is 4.39 Å². The van der Waals surface area contributed by atoms with Gasteiger partial charge in [-0.1, -0.05) is 0 Å². The van der Waals surface area contributed by atoms with Crippen LogP contribution in [0, 0.1) is 22.6 Å². The molecule has 0 aliphatic heterocycles. The zero-order chi connectivity index (χ0) is 14.3. The van der Waals surface area contributed by atoms with Gasteiger partial charge in [-0.3, -0.25) is 0 Å². The number of nitriles is 1. The Morgan fingerprint density at radius 1 is 1.37 bits per heavy atom. The lowest BCUT2D eigenvalue weighted by Crippen LogP contribution is -2.10. The maximum atomic E-state index is 13.3. The fourth-order valence-electron chi connectivity index (χ4n) is 1.78. The van der Waals surface area contributed by atoms with E-state index in [0.29, 0.717) is 25.3 Å². The predicted molar refractivity (Wildman–Crippen MR) is 73.3 cm³/mol. The molecule has 2 N–H and O–H groups in total. The molecule has 4 heteroatoms. The highest BCUT2D eigenvalue weighted by Gasteiger charge is 2.15. The molecule has 19 heavy (non-hydrogen) atoms. The molecule has 104 valence electrons. The van der Waals surface area contributed by atoms with Gasteiger partial charge in [0.15, 0.2) is 0 Å². The van der Waals surface area contributed by atoms with E-state index in [1.807, 2.05) is 19.9 Å². The number of hydrogen-bond donors (Lipinski definition) is 1. The Balaban J connectivity index is 2.47. The summed E-state index contributed by atoms with van der Waals surface area (Å²) < 4.78 is 18.9. The van der Waals surface area contributed by atoms with Crippen LogP contribution in [0.1, 0.15) is 32.3 Å². The Hall–Kier alpha value is -1.60. The van der Waals surface area contributed by atoms with Gasteiger partial charge < -0.3 is 10.5 Å². The molecule has 3 nitrogen and oxygen atoms in total. The van der Waals surface area contributed by atoms with Gasteiger partial charge in [-0.15, -0.1) is 0 Å². The molecular formula is C15H21FN2O. The highest BCUT2D eigenvalue weighted by molar-refractivity contribution is 5.29. The van der Waals surface area contributed by atoms with E-state index in [1.165, 1.54) is 12.1 Å². The molecule has 1 aromatic rings. The molecule has 0 aromatic heterocycles. The van der Waals surface area contributed by atoms with E-state index in [4.69, 9.17) is 15.7 Å². The van der Waals surface area contributed by atoms with Crippen LogP contribution in [0.2, 0.25) is 0 Å². The van der Waals surface area contributed by atoms with Crippen LogP contribution in [0.4, 0.5) is 4.39 Å². The summed E-state index contributed by atoms with van der Waals surface area (Å²) in [5, 5.41) is 8.89. The number of nitrogens with two attached hydrogens (primary N) is 1. The molecule has 0 saturated heterocycles. The summed E-state index contributed by atoms with van der Waals surface area (Å²) in [4.78, 5) is 0. The molecule has 1 rings (SSSR count). The monoisotopic (exact) mass is 264 g/mol. The summed E-state index contributed by atoms with van der Waals surface area (Å²) in [5.41, 5.74) is 5.96. The second-order valence-corrected chi connectivity index (χ2v) is 5.28. The van der Waals surface area contributed by atoms with Crippen molar-refractivity contribution in [2.45, 2.75) is 33.1 Å². The molecular weight excluding hydrogens is 243 g/mol. The van der Waals surface area contributed by atoms with E-state index in [-0.39, 0.29) is 11.2 Å². The minimum absolute atomic E-state index is 0.307. The molecule has 0 fully saturated rings. The van der Waals surface area contributed by atoms with Crippen molar-refractivity contribution in [2.75, 3.05) is 13.2 Å². The third-order valence-electron chi connectivity index (χ3n) is 2.88. The average molecular weight is 264 g/mol. The summed E-state index contributed by atoms with van der Waals surface area (Å²) in [6.45, 7) is 4.76. The second kappa shape index (κ2) is 7.10. The highest BCUT2D eigenvalue weighted by atomic mass is 19.1. The average Bonchev–Trinajstić information content (AvgIpc) is 2.34. The number of halogens is 1. The number of hydrogen-bond acceptors (Lipinski definition) is 3. The molecule has 0 atom stereocenters. The van der Waals surface area contributed by atoms with Crippen molar-refractivity contribution in [2.24, 2.45) is 11.1 Å². The lowest BCUT2D eigenvalue weighted by Gasteiger charge is -2.15. The fraction of sp³-hybridized carbons (Fsp3) is 0.533. The van der Waals surface area contributed by atoms with Crippen molar-refractivity contribution >= 4 is 0 Å². The van der Waals surface area contributed by atoms with Gasteiger partial charge in [-0.25, -0.2) is 4.39 Å². The van der Waals surface area contributed by atoms with E-state index in [0.717, 1.165) is 18.4 Å². The smallest absolute Gasteiger partial charge is 0.127 e. The van der Waals surface area contributed by atoms with Gasteiger partial charge in [0.2, 0.25) is 0 Å². The zero-order valence-corrected chi connectivity index (χ0v) is 11.6. The number of benzene rings is 1. The van der Waals surface area contributed by atoms with Gasteiger partial charge >= 0.3 is 0 Å². The Labute approximate surface area is 114 Å². The van der Waals surface area contributed by atoms with Crippen molar-refractivity contribution in [3.05, 3.63) is 29.6 Å². The summed E-state index contributed by atoms with van der Waals surface area (Å²) in [7, 11) is 0.